The highest BCUT2D eigenvalue weighted by atomic mass is 16.1. The van der Waals surface area contributed by atoms with Gasteiger partial charge in [-0.25, -0.2) is 4.98 Å². The molecule has 0 amide bonds. The highest BCUT2D eigenvalue weighted by Crippen LogP contribution is 2.35. The first-order valence-electron chi connectivity index (χ1n) is 7.98. The first-order valence-corrected chi connectivity index (χ1v) is 7.98. The van der Waals surface area contributed by atoms with Gasteiger partial charge in [0.15, 0.2) is 0 Å². The van der Waals surface area contributed by atoms with Gasteiger partial charge in [0, 0.05) is 12.6 Å². The Balaban J connectivity index is 1.63. The summed E-state index contributed by atoms with van der Waals surface area (Å²) >= 11 is 0. The lowest BCUT2D eigenvalue weighted by Gasteiger charge is -2.24. The van der Waals surface area contributed by atoms with Gasteiger partial charge in [-0.2, -0.15) is 0 Å². The van der Waals surface area contributed by atoms with Crippen molar-refractivity contribution >= 4 is 11.0 Å². The average molecular weight is 305 g/mol. The Labute approximate surface area is 134 Å². The minimum atomic E-state index is -0.0955. The monoisotopic (exact) mass is 305 g/mol. The third kappa shape index (κ3) is 2.55. The van der Waals surface area contributed by atoms with Gasteiger partial charge in [-0.3, -0.25) is 9.69 Å². The maximum absolute atomic E-state index is 12.3. The summed E-state index contributed by atoms with van der Waals surface area (Å²) < 4.78 is 0. The van der Waals surface area contributed by atoms with E-state index < -0.39 is 0 Å². The lowest BCUT2D eigenvalue weighted by Crippen LogP contribution is -2.27. The van der Waals surface area contributed by atoms with E-state index in [0.717, 1.165) is 23.9 Å². The molecule has 4 nitrogen and oxygen atoms in total. The summed E-state index contributed by atoms with van der Waals surface area (Å²) in [6.07, 6.45) is 2.20. The summed E-state index contributed by atoms with van der Waals surface area (Å²) in [6.45, 7) is 0.555. The molecule has 1 aromatic heterocycles. The Kier molecular flexibility index (Phi) is 3.46. The van der Waals surface area contributed by atoms with Crippen LogP contribution in [-0.4, -0.2) is 21.9 Å². The van der Waals surface area contributed by atoms with Gasteiger partial charge >= 0.3 is 0 Å². The molecule has 0 aliphatic heterocycles. The molecule has 4 rings (SSSR count). The molecule has 1 aliphatic carbocycles. The topological polar surface area (TPSA) is 49.0 Å². The van der Waals surface area contributed by atoms with Crippen LogP contribution >= 0.6 is 0 Å². The number of rotatable bonds is 3. The molecule has 1 atom stereocenters. The molecule has 1 aliphatic rings. The second-order valence-electron chi connectivity index (χ2n) is 6.20. The van der Waals surface area contributed by atoms with Crippen molar-refractivity contribution in [2.45, 2.75) is 25.4 Å². The normalized spacial score (nSPS) is 16.9. The highest BCUT2D eigenvalue weighted by Gasteiger charge is 2.26. The van der Waals surface area contributed by atoms with E-state index in [-0.39, 0.29) is 5.56 Å². The van der Waals surface area contributed by atoms with Crippen LogP contribution in [0.5, 0.6) is 0 Å². The van der Waals surface area contributed by atoms with Gasteiger partial charge in [0.25, 0.3) is 5.56 Å². The number of hydrogen-bond donors (Lipinski definition) is 1. The van der Waals surface area contributed by atoms with Crippen LogP contribution in [0.3, 0.4) is 0 Å². The summed E-state index contributed by atoms with van der Waals surface area (Å²) in [7, 11) is 2.07. The third-order valence-electron chi connectivity index (χ3n) is 4.70. The van der Waals surface area contributed by atoms with Crippen molar-refractivity contribution in [1.29, 1.82) is 0 Å². The molecule has 0 unspecified atom stereocenters. The second-order valence-corrected chi connectivity index (χ2v) is 6.20. The Hall–Kier alpha value is -2.46. The van der Waals surface area contributed by atoms with Crippen molar-refractivity contribution in [2.24, 2.45) is 0 Å². The molecule has 0 fully saturated rings. The number of nitrogens with one attached hydrogen (secondary N) is 1. The Bertz CT molecular complexity index is 916. The Morgan fingerprint density at radius 1 is 1.17 bits per heavy atom. The van der Waals surface area contributed by atoms with Crippen LogP contribution in [0.2, 0.25) is 0 Å². The zero-order valence-corrected chi connectivity index (χ0v) is 13.1. The van der Waals surface area contributed by atoms with Crippen LogP contribution in [-0.2, 0) is 13.0 Å². The molecule has 0 spiro atoms. The van der Waals surface area contributed by atoms with E-state index in [1.54, 1.807) is 0 Å². The molecule has 116 valence electrons. The van der Waals surface area contributed by atoms with E-state index in [1.807, 2.05) is 24.3 Å². The number of aromatic amines is 1. The quantitative estimate of drug-likeness (QED) is 0.809. The summed E-state index contributed by atoms with van der Waals surface area (Å²) in [6, 6.07) is 16.6. The van der Waals surface area contributed by atoms with E-state index in [4.69, 9.17) is 0 Å². The van der Waals surface area contributed by atoms with Gasteiger partial charge in [-0.05, 0) is 43.1 Å². The predicted octanol–water partition coefficient (Wildman–Crippen LogP) is 3.04. The van der Waals surface area contributed by atoms with Crippen LogP contribution in [0.1, 0.15) is 29.3 Å². The van der Waals surface area contributed by atoms with E-state index in [2.05, 4.69) is 46.2 Å². The lowest BCUT2D eigenvalue weighted by molar-refractivity contribution is 0.232. The first-order chi connectivity index (χ1) is 11.2. The van der Waals surface area contributed by atoms with E-state index in [0.29, 0.717) is 18.3 Å². The number of aromatic nitrogens is 2. The molecule has 0 radical (unpaired) electrons. The highest BCUT2D eigenvalue weighted by molar-refractivity contribution is 5.73. The van der Waals surface area contributed by atoms with Gasteiger partial charge in [0.05, 0.1) is 11.0 Å². The van der Waals surface area contributed by atoms with Crippen molar-refractivity contribution in [3.05, 3.63) is 75.7 Å². The van der Waals surface area contributed by atoms with E-state index >= 15 is 0 Å². The summed E-state index contributed by atoms with van der Waals surface area (Å²) in [5.74, 6) is 0. The van der Waals surface area contributed by atoms with Crippen molar-refractivity contribution in [2.75, 3.05) is 7.05 Å². The number of fused-ring (bicyclic) bond motifs is 2. The van der Waals surface area contributed by atoms with Crippen LogP contribution in [0.15, 0.2) is 53.3 Å². The number of hydrogen-bond acceptors (Lipinski definition) is 3. The molecule has 3 aromatic rings. The van der Waals surface area contributed by atoms with Gasteiger partial charge in [0.2, 0.25) is 0 Å². The van der Waals surface area contributed by atoms with Gasteiger partial charge in [0.1, 0.15) is 5.69 Å². The fourth-order valence-corrected chi connectivity index (χ4v) is 3.51. The third-order valence-corrected chi connectivity index (χ3v) is 4.70. The molecular weight excluding hydrogens is 286 g/mol. The Morgan fingerprint density at radius 3 is 2.87 bits per heavy atom. The molecule has 2 aromatic carbocycles. The molecule has 0 bridgehead atoms. The fourth-order valence-electron chi connectivity index (χ4n) is 3.51. The number of aryl methyl sites for hydroxylation is 1. The maximum atomic E-state index is 12.3. The average Bonchev–Trinajstić information content (AvgIpc) is 2.99. The smallest absolute Gasteiger partial charge is 0.271 e. The van der Waals surface area contributed by atoms with E-state index in [9.17, 15) is 4.79 Å². The van der Waals surface area contributed by atoms with Gasteiger partial charge in [-0.1, -0.05) is 36.4 Å². The van der Waals surface area contributed by atoms with Crippen molar-refractivity contribution in [3.8, 4) is 0 Å². The minimum Gasteiger partial charge on any atom is -0.319 e. The SMILES string of the molecule is CN(Cc1nc2ccccc2[nH]c1=O)[C@@H]1CCc2ccccc21. The fraction of sp³-hybridized carbons (Fsp3) is 0.263. The number of para-hydroxylation sites is 2. The molecule has 1 heterocycles. The molecule has 1 N–H and O–H groups in total. The predicted molar refractivity (Wildman–Crippen MR) is 91.3 cm³/mol. The van der Waals surface area contributed by atoms with Crippen LogP contribution in [0.4, 0.5) is 0 Å². The maximum Gasteiger partial charge on any atom is 0.271 e. The summed E-state index contributed by atoms with van der Waals surface area (Å²) in [5, 5.41) is 0. The standard InChI is InChI=1S/C19H19N3O/c1-22(18-11-10-13-6-2-3-7-14(13)18)12-17-19(23)21-16-9-5-4-8-15(16)20-17/h2-9,18H,10-12H2,1H3,(H,21,23)/t18-/m1/s1. The number of benzene rings is 2. The molecule has 0 saturated carbocycles. The van der Waals surface area contributed by atoms with Crippen LogP contribution in [0.25, 0.3) is 11.0 Å². The van der Waals surface area contributed by atoms with Gasteiger partial charge < -0.3 is 4.98 Å². The first kappa shape index (κ1) is 14.2. The van der Waals surface area contributed by atoms with Crippen molar-refractivity contribution in [1.82, 2.24) is 14.9 Å². The minimum absolute atomic E-state index is 0.0955. The number of H-pyrrole nitrogens is 1. The molecule has 4 heteroatoms. The van der Waals surface area contributed by atoms with Crippen LogP contribution in [0, 0.1) is 0 Å². The Morgan fingerprint density at radius 2 is 1.96 bits per heavy atom. The zero-order valence-electron chi connectivity index (χ0n) is 13.1. The van der Waals surface area contributed by atoms with Gasteiger partial charge in [-0.15, -0.1) is 0 Å². The van der Waals surface area contributed by atoms with E-state index in [1.165, 1.54) is 11.1 Å². The van der Waals surface area contributed by atoms with Crippen LogP contribution < -0.4 is 5.56 Å². The summed E-state index contributed by atoms with van der Waals surface area (Å²) in [5.41, 5.74) is 4.91. The van der Waals surface area contributed by atoms with Crippen molar-refractivity contribution < 1.29 is 0 Å². The number of nitrogens with zero attached hydrogens (tertiary/aromatic N) is 2. The lowest BCUT2D eigenvalue weighted by atomic mass is 10.1. The molecular formula is C19H19N3O. The second kappa shape index (κ2) is 5.63. The summed E-state index contributed by atoms with van der Waals surface area (Å²) in [4.78, 5) is 22.0. The zero-order chi connectivity index (χ0) is 15.8. The molecule has 0 saturated heterocycles. The largest absolute Gasteiger partial charge is 0.319 e. The molecule has 23 heavy (non-hydrogen) atoms. The van der Waals surface area contributed by atoms with Crippen molar-refractivity contribution in [3.63, 3.8) is 0 Å².